The van der Waals surface area contributed by atoms with Crippen LogP contribution in [0.25, 0.3) is 0 Å². The van der Waals surface area contributed by atoms with Crippen molar-refractivity contribution in [2.24, 2.45) is 0 Å². The average Bonchev–Trinajstić information content (AvgIpc) is 2.76. The number of thiazole rings is 1. The lowest BCUT2D eigenvalue weighted by Gasteiger charge is -2.01. The third-order valence-corrected chi connectivity index (χ3v) is 2.86. The molecule has 2 aromatic rings. The molecule has 0 atom stereocenters. The van der Waals surface area contributed by atoms with E-state index < -0.39 is 17.6 Å². The number of nitrogens with zero attached hydrogens (tertiary/aromatic N) is 1. The fourth-order valence-electron chi connectivity index (χ4n) is 1.29. The zero-order chi connectivity index (χ0) is 13.8. The van der Waals surface area contributed by atoms with E-state index in [2.05, 4.69) is 4.98 Å². The van der Waals surface area contributed by atoms with Crippen molar-refractivity contribution < 1.29 is 23.0 Å². The van der Waals surface area contributed by atoms with Gasteiger partial charge in [0.15, 0.2) is 0 Å². The molecule has 2 rings (SSSR count). The minimum absolute atomic E-state index is 0.0257. The Labute approximate surface area is 111 Å². The summed E-state index contributed by atoms with van der Waals surface area (Å²) < 4.78 is 35.9. The van der Waals surface area contributed by atoms with Gasteiger partial charge in [-0.15, -0.1) is 0 Å². The van der Waals surface area contributed by atoms with Crippen LogP contribution < -0.4 is 4.74 Å². The van der Waals surface area contributed by atoms with Crippen LogP contribution in [0.1, 0.15) is 16.6 Å². The SMILES string of the molecule is CCOC(=O)c1cnc(Oc2cc(F)cc(F)c2)s1. The summed E-state index contributed by atoms with van der Waals surface area (Å²) in [5, 5.41) is 0.105. The van der Waals surface area contributed by atoms with E-state index in [0.29, 0.717) is 0 Å². The van der Waals surface area contributed by atoms with E-state index >= 15 is 0 Å². The van der Waals surface area contributed by atoms with Gasteiger partial charge in [0.1, 0.15) is 22.3 Å². The van der Waals surface area contributed by atoms with Gasteiger partial charge in [0.25, 0.3) is 5.19 Å². The molecule has 0 saturated carbocycles. The summed E-state index contributed by atoms with van der Waals surface area (Å²) in [6.45, 7) is 1.94. The number of carbonyl (C=O) groups excluding carboxylic acids is 1. The highest BCUT2D eigenvalue weighted by Crippen LogP contribution is 2.27. The van der Waals surface area contributed by atoms with Gasteiger partial charge in [-0.3, -0.25) is 0 Å². The van der Waals surface area contributed by atoms with Crippen LogP contribution >= 0.6 is 11.3 Å². The fraction of sp³-hybridized carbons (Fsp3) is 0.167. The highest BCUT2D eigenvalue weighted by atomic mass is 32.1. The lowest BCUT2D eigenvalue weighted by Crippen LogP contribution is -2.01. The quantitative estimate of drug-likeness (QED) is 0.808. The number of aromatic nitrogens is 1. The first kappa shape index (κ1) is 13.4. The second kappa shape index (κ2) is 5.75. The Balaban J connectivity index is 2.13. The van der Waals surface area contributed by atoms with E-state index in [4.69, 9.17) is 9.47 Å². The first-order valence-electron chi connectivity index (χ1n) is 5.35. The zero-order valence-electron chi connectivity index (χ0n) is 9.85. The maximum absolute atomic E-state index is 13.0. The van der Waals surface area contributed by atoms with Crippen molar-refractivity contribution in [3.63, 3.8) is 0 Å². The molecule has 0 spiro atoms. The number of hydrogen-bond donors (Lipinski definition) is 0. The molecule has 4 nitrogen and oxygen atoms in total. The van der Waals surface area contributed by atoms with Crippen LogP contribution in [-0.4, -0.2) is 17.6 Å². The molecule has 1 aromatic heterocycles. The molecular weight excluding hydrogens is 276 g/mol. The van der Waals surface area contributed by atoms with Gasteiger partial charge in [0, 0.05) is 18.2 Å². The minimum Gasteiger partial charge on any atom is -0.462 e. The summed E-state index contributed by atoms with van der Waals surface area (Å²) in [5.41, 5.74) is 0. The summed E-state index contributed by atoms with van der Waals surface area (Å²) in [7, 11) is 0. The molecule has 0 amide bonds. The first-order chi connectivity index (χ1) is 9.08. The number of ether oxygens (including phenoxy) is 2. The molecule has 7 heteroatoms. The summed E-state index contributed by atoms with van der Waals surface area (Å²) in [6.07, 6.45) is 1.29. The Morgan fingerprint density at radius 2 is 2.00 bits per heavy atom. The maximum atomic E-state index is 13.0. The standard InChI is InChI=1S/C12H9F2NO3S/c1-2-17-11(16)10-6-15-12(19-10)18-9-4-7(13)3-8(14)5-9/h3-6H,2H2,1H3. The predicted molar refractivity (Wildman–Crippen MR) is 64.5 cm³/mol. The van der Waals surface area contributed by atoms with E-state index in [1.54, 1.807) is 6.92 Å². The Morgan fingerprint density at radius 1 is 1.32 bits per heavy atom. The monoisotopic (exact) mass is 285 g/mol. The minimum atomic E-state index is -0.753. The summed E-state index contributed by atoms with van der Waals surface area (Å²) >= 11 is 0.935. The molecule has 0 bridgehead atoms. The zero-order valence-corrected chi connectivity index (χ0v) is 10.7. The second-order valence-electron chi connectivity index (χ2n) is 3.42. The van der Waals surface area contributed by atoms with E-state index in [1.807, 2.05) is 0 Å². The lowest BCUT2D eigenvalue weighted by atomic mass is 10.3. The fourth-order valence-corrected chi connectivity index (χ4v) is 1.97. The van der Waals surface area contributed by atoms with Gasteiger partial charge in [-0.1, -0.05) is 11.3 Å². The third kappa shape index (κ3) is 3.47. The molecule has 0 aliphatic heterocycles. The van der Waals surface area contributed by atoms with Gasteiger partial charge in [-0.05, 0) is 6.92 Å². The van der Waals surface area contributed by atoms with Crippen LogP contribution in [0.2, 0.25) is 0 Å². The van der Waals surface area contributed by atoms with Gasteiger partial charge in [-0.2, -0.15) is 0 Å². The van der Waals surface area contributed by atoms with Crippen molar-refractivity contribution in [3.8, 4) is 10.9 Å². The van der Waals surface area contributed by atoms with E-state index in [9.17, 15) is 13.6 Å². The molecule has 0 unspecified atom stereocenters. The van der Waals surface area contributed by atoms with Gasteiger partial charge >= 0.3 is 5.97 Å². The predicted octanol–water partition coefficient (Wildman–Crippen LogP) is 3.39. The number of halogens is 2. The van der Waals surface area contributed by atoms with Crippen LogP contribution in [0.15, 0.2) is 24.4 Å². The molecule has 0 fully saturated rings. The maximum Gasteiger partial charge on any atom is 0.350 e. The third-order valence-electron chi connectivity index (χ3n) is 2.00. The molecule has 0 aliphatic carbocycles. The van der Waals surface area contributed by atoms with Crippen LogP contribution in [0.5, 0.6) is 10.9 Å². The van der Waals surface area contributed by atoms with Gasteiger partial charge in [0.2, 0.25) is 0 Å². The number of rotatable bonds is 4. The van der Waals surface area contributed by atoms with Gasteiger partial charge in [0.05, 0.1) is 12.8 Å². The molecule has 1 heterocycles. The molecule has 100 valence electrons. The average molecular weight is 285 g/mol. The lowest BCUT2D eigenvalue weighted by molar-refractivity contribution is 0.0532. The van der Waals surface area contributed by atoms with Crippen molar-refractivity contribution in [1.82, 2.24) is 4.98 Å². The van der Waals surface area contributed by atoms with Gasteiger partial charge in [-0.25, -0.2) is 18.6 Å². The highest BCUT2D eigenvalue weighted by molar-refractivity contribution is 7.15. The Kier molecular flexibility index (Phi) is 4.06. The molecule has 0 N–H and O–H groups in total. The van der Waals surface area contributed by atoms with Crippen LogP contribution in [0, 0.1) is 11.6 Å². The van der Waals surface area contributed by atoms with Crippen LogP contribution in [-0.2, 0) is 4.74 Å². The Bertz CT molecular complexity index is 580. The largest absolute Gasteiger partial charge is 0.462 e. The molecule has 19 heavy (non-hydrogen) atoms. The normalized spacial score (nSPS) is 10.3. The number of hydrogen-bond acceptors (Lipinski definition) is 5. The second-order valence-corrected chi connectivity index (χ2v) is 4.41. The van der Waals surface area contributed by atoms with Crippen molar-refractivity contribution in [1.29, 1.82) is 0 Å². The van der Waals surface area contributed by atoms with E-state index in [0.717, 1.165) is 29.5 Å². The van der Waals surface area contributed by atoms with Crippen molar-refractivity contribution in [2.45, 2.75) is 6.92 Å². The Morgan fingerprint density at radius 3 is 2.63 bits per heavy atom. The molecule has 0 radical (unpaired) electrons. The smallest absolute Gasteiger partial charge is 0.350 e. The first-order valence-corrected chi connectivity index (χ1v) is 6.17. The summed E-state index contributed by atoms with van der Waals surface area (Å²) in [5.74, 6) is -2.04. The molecule has 0 aliphatic rings. The summed E-state index contributed by atoms with van der Waals surface area (Å²) in [4.78, 5) is 15.5. The topological polar surface area (TPSA) is 48.4 Å². The number of esters is 1. The number of benzene rings is 1. The van der Waals surface area contributed by atoms with Crippen LogP contribution in [0.4, 0.5) is 8.78 Å². The van der Waals surface area contributed by atoms with Crippen molar-refractivity contribution in [3.05, 3.63) is 40.9 Å². The number of carbonyl (C=O) groups is 1. The van der Waals surface area contributed by atoms with E-state index in [-0.39, 0.29) is 22.4 Å². The van der Waals surface area contributed by atoms with Crippen molar-refractivity contribution >= 4 is 17.3 Å². The van der Waals surface area contributed by atoms with Crippen molar-refractivity contribution in [2.75, 3.05) is 6.61 Å². The van der Waals surface area contributed by atoms with Gasteiger partial charge < -0.3 is 9.47 Å². The Hall–Kier alpha value is -2.02. The van der Waals surface area contributed by atoms with Crippen LogP contribution in [0.3, 0.4) is 0 Å². The molecule has 0 saturated heterocycles. The molecular formula is C12H9F2NO3S. The summed E-state index contributed by atoms with van der Waals surface area (Å²) in [6, 6.07) is 2.78. The highest BCUT2D eigenvalue weighted by Gasteiger charge is 2.13. The molecule has 1 aromatic carbocycles. The van der Waals surface area contributed by atoms with E-state index in [1.165, 1.54) is 6.20 Å².